The van der Waals surface area contributed by atoms with Gasteiger partial charge in [0.05, 0.1) is 25.6 Å². The molecule has 2 heterocycles. The number of nitrogens with zero attached hydrogens (tertiary/aromatic N) is 2. The van der Waals surface area contributed by atoms with E-state index in [4.69, 9.17) is 4.74 Å². The van der Waals surface area contributed by atoms with Crippen molar-refractivity contribution in [1.82, 2.24) is 9.55 Å². The van der Waals surface area contributed by atoms with E-state index in [2.05, 4.69) is 4.98 Å². The van der Waals surface area contributed by atoms with Gasteiger partial charge >= 0.3 is 0 Å². The largest absolute Gasteiger partial charge is 0.503 e. The Bertz CT molecular complexity index is 1250. The number of aliphatic hydroxyl groups excluding tert-OH is 1. The van der Waals surface area contributed by atoms with Gasteiger partial charge in [-0.15, -0.1) is 0 Å². The molecule has 1 unspecified atom stereocenters. The molecular weight excluding hydrogens is 392 g/mol. The third-order valence-electron chi connectivity index (χ3n) is 5.10. The summed E-state index contributed by atoms with van der Waals surface area (Å²) in [5, 5.41) is 20.9. The first kappa shape index (κ1) is 20.4. The first-order chi connectivity index (χ1) is 15.0. The molecule has 1 atom stereocenters. The molecule has 0 bridgehead atoms. The van der Waals surface area contributed by atoms with Crippen LogP contribution in [0.5, 0.6) is 11.5 Å². The van der Waals surface area contributed by atoms with E-state index in [0.29, 0.717) is 17.0 Å². The fourth-order valence-corrected chi connectivity index (χ4v) is 3.47. The number of benzene rings is 2. The van der Waals surface area contributed by atoms with E-state index in [-0.39, 0.29) is 12.2 Å². The van der Waals surface area contributed by atoms with Crippen LogP contribution in [0.3, 0.4) is 0 Å². The molecule has 2 aromatic carbocycles. The third kappa shape index (κ3) is 4.49. The van der Waals surface area contributed by atoms with Crippen LogP contribution in [0.15, 0.2) is 90.1 Å². The Morgan fingerprint density at radius 3 is 2.55 bits per heavy atom. The van der Waals surface area contributed by atoms with Crippen molar-refractivity contribution in [3.63, 3.8) is 0 Å². The second kappa shape index (κ2) is 8.85. The summed E-state index contributed by atoms with van der Waals surface area (Å²) in [4.78, 5) is 16.2. The molecule has 6 heteroatoms. The average Bonchev–Trinajstić information content (AvgIpc) is 2.82. The first-order valence-corrected chi connectivity index (χ1v) is 9.82. The number of aliphatic hydroxyl groups is 1. The Morgan fingerprint density at radius 1 is 1.00 bits per heavy atom. The van der Waals surface area contributed by atoms with Crippen molar-refractivity contribution in [1.29, 1.82) is 0 Å². The first-order valence-electron chi connectivity index (χ1n) is 9.82. The molecule has 0 saturated carbocycles. The van der Waals surface area contributed by atoms with Crippen LogP contribution in [0.25, 0.3) is 16.8 Å². The van der Waals surface area contributed by atoms with Gasteiger partial charge in [-0.1, -0.05) is 42.5 Å². The Kier molecular flexibility index (Phi) is 5.82. The summed E-state index contributed by atoms with van der Waals surface area (Å²) < 4.78 is 6.90. The second-order valence-electron chi connectivity index (χ2n) is 7.18. The molecule has 0 aliphatic heterocycles. The van der Waals surface area contributed by atoms with Crippen LogP contribution in [-0.2, 0) is 6.42 Å². The maximum Gasteiger partial charge on any atom is 0.223 e. The number of hydrogen-bond donors (Lipinski definition) is 2. The molecule has 4 rings (SSSR count). The number of pyridine rings is 2. The molecule has 0 radical (unpaired) electrons. The van der Waals surface area contributed by atoms with E-state index in [9.17, 15) is 15.0 Å². The number of aromatic nitrogens is 2. The van der Waals surface area contributed by atoms with Crippen LogP contribution >= 0.6 is 0 Å². The molecule has 0 amide bonds. The highest BCUT2D eigenvalue weighted by atomic mass is 16.5. The van der Waals surface area contributed by atoms with Crippen molar-refractivity contribution in [2.24, 2.45) is 0 Å². The minimum absolute atomic E-state index is 0.153. The highest BCUT2D eigenvalue weighted by Gasteiger charge is 2.15. The van der Waals surface area contributed by atoms with E-state index < -0.39 is 11.5 Å². The van der Waals surface area contributed by atoms with Gasteiger partial charge in [0.2, 0.25) is 5.43 Å². The smallest absolute Gasteiger partial charge is 0.223 e. The van der Waals surface area contributed by atoms with Crippen LogP contribution in [0.2, 0.25) is 0 Å². The quantitative estimate of drug-likeness (QED) is 0.500. The van der Waals surface area contributed by atoms with Gasteiger partial charge in [-0.2, -0.15) is 0 Å². The molecular formula is C25H22N2O4. The summed E-state index contributed by atoms with van der Waals surface area (Å²) in [5.41, 5.74) is 3.45. The highest BCUT2D eigenvalue weighted by molar-refractivity contribution is 5.66. The zero-order valence-corrected chi connectivity index (χ0v) is 17.0. The van der Waals surface area contributed by atoms with Crippen molar-refractivity contribution in [2.45, 2.75) is 12.5 Å². The molecule has 2 N–H and O–H groups in total. The van der Waals surface area contributed by atoms with Crippen molar-refractivity contribution >= 4 is 0 Å². The molecule has 0 spiro atoms. The number of aromatic hydroxyl groups is 1. The van der Waals surface area contributed by atoms with E-state index in [1.165, 1.54) is 19.4 Å². The Hall–Kier alpha value is -3.90. The zero-order valence-electron chi connectivity index (χ0n) is 17.0. The summed E-state index contributed by atoms with van der Waals surface area (Å²) >= 11 is 0. The zero-order chi connectivity index (χ0) is 21.8. The van der Waals surface area contributed by atoms with Crippen LogP contribution in [0.4, 0.5) is 0 Å². The summed E-state index contributed by atoms with van der Waals surface area (Å²) in [6.45, 7) is 0. The Labute approximate surface area is 179 Å². The number of rotatable bonds is 6. The fraction of sp³-hybridized carbons (Fsp3) is 0.120. The molecule has 0 fully saturated rings. The second-order valence-corrected chi connectivity index (χ2v) is 7.18. The average molecular weight is 414 g/mol. The fourth-order valence-electron chi connectivity index (χ4n) is 3.47. The molecule has 0 aliphatic carbocycles. The maximum absolute atomic E-state index is 12.2. The van der Waals surface area contributed by atoms with Crippen LogP contribution < -0.4 is 10.2 Å². The lowest BCUT2D eigenvalue weighted by Gasteiger charge is -2.18. The molecule has 2 aromatic heterocycles. The SMILES string of the molecule is COc1cncc(C(O)Cc2cc(=O)c(O)cn2-c2cccc(-c3ccccc3)c2)c1. The van der Waals surface area contributed by atoms with E-state index in [1.807, 2.05) is 54.6 Å². The van der Waals surface area contributed by atoms with Crippen molar-refractivity contribution in [2.75, 3.05) is 7.11 Å². The molecule has 31 heavy (non-hydrogen) atoms. The van der Waals surface area contributed by atoms with Gasteiger partial charge in [-0.3, -0.25) is 9.78 Å². The molecule has 0 saturated heterocycles. The van der Waals surface area contributed by atoms with E-state index in [1.54, 1.807) is 23.0 Å². The van der Waals surface area contributed by atoms with Gasteiger partial charge in [0.15, 0.2) is 5.75 Å². The standard InChI is InChI=1S/C25H22N2O4/c1-31-22-11-19(14-26-15-22)23(28)12-21-13-24(29)25(30)16-27(21)20-9-5-8-18(10-20)17-6-3-2-4-7-17/h2-11,13-16,23,28,30H,12H2,1H3. The maximum atomic E-state index is 12.2. The number of ether oxygens (including phenoxy) is 1. The molecule has 156 valence electrons. The monoisotopic (exact) mass is 414 g/mol. The van der Waals surface area contributed by atoms with E-state index >= 15 is 0 Å². The summed E-state index contributed by atoms with van der Waals surface area (Å²) in [5.74, 6) is 0.182. The summed E-state index contributed by atoms with van der Waals surface area (Å²) in [6, 6.07) is 20.8. The summed E-state index contributed by atoms with van der Waals surface area (Å²) in [6.07, 6.45) is 3.75. The molecule has 4 aromatic rings. The van der Waals surface area contributed by atoms with Gasteiger partial charge in [0.1, 0.15) is 5.75 Å². The highest BCUT2D eigenvalue weighted by Crippen LogP contribution is 2.26. The lowest BCUT2D eigenvalue weighted by Crippen LogP contribution is -2.14. The Balaban J connectivity index is 1.74. The molecule has 6 nitrogen and oxygen atoms in total. The lowest BCUT2D eigenvalue weighted by molar-refractivity contribution is 0.175. The molecule has 0 aliphatic rings. The van der Waals surface area contributed by atoms with Crippen molar-refractivity contribution in [3.8, 4) is 28.3 Å². The minimum atomic E-state index is -0.907. The van der Waals surface area contributed by atoms with Gasteiger partial charge in [0.25, 0.3) is 0 Å². The lowest BCUT2D eigenvalue weighted by atomic mass is 10.0. The predicted octanol–water partition coefficient (Wildman–Crippen LogP) is 3.89. The van der Waals surface area contributed by atoms with Crippen LogP contribution in [-0.4, -0.2) is 26.9 Å². The Morgan fingerprint density at radius 2 is 1.77 bits per heavy atom. The minimum Gasteiger partial charge on any atom is -0.503 e. The third-order valence-corrected chi connectivity index (χ3v) is 5.10. The van der Waals surface area contributed by atoms with Crippen LogP contribution in [0.1, 0.15) is 17.4 Å². The van der Waals surface area contributed by atoms with Gasteiger partial charge in [-0.25, -0.2) is 0 Å². The van der Waals surface area contributed by atoms with Gasteiger partial charge in [0, 0.05) is 35.6 Å². The van der Waals surface area contributed by atoms with Crippen molar-refractivity contribution < 1.29 is 14.9 Å². The van der Waals surface area contributed by atoms with E-state index in [0.717, 1.165) is 16.8 Å². The van der Waals surface area contributed by atoms with Gasteiger partial charge in [-0.05, 0) is 29.3 Å². The topological polar surface area (TPSA) is 84.6 Å². The van der Waals surface area contributed by atoms with Gasteiger partial charge < -0.3 is 19.5 Å². The van der Waals surface area contributed by atoms with Crippen LogP contribution in [0, 0.1) is 0 Å². The summed E-state index contributed by atoms with van der Waals surface area (Å²) in [7, 11) is 1.53. The predicted molar refractivity (Wildman–Crippen MR) is 119 cm³/mol. The van der Waals surface area contributed by atoms with Crippen molar-refractivity contribution in [3.05, 3.63) is 107 Å². The number of methoxy groups -OCH3 is 1. The number of hydrogen-bond acceptors (Lipinski definition) is 5. The normalized spacial score (nSPS) is 11.8.